The van der Waals surface area contributed by atoms with Crippen molar-refractivity contribution in [1.82, 2.24) is 0 Å². The summed E-state index contributed by atoms with van der Waals surface area (Å²) in [6.45, 7) is 0.760. The molecule has 0 saturated heterocycles. The number of hydrogen-bond acceptors (Lipinski definition) is 6. The molecule has 0 heterocycles. The summed E-state index contributed by atoms with van der Waals surface area (Å²) in [5.74, 6) is -0.804. The second-order valence-corrected chi connectivity index (χ2v) is 4.50. The van der Waals surface area contributed by atoms with E-state index in [4.69, 9.17) is 0 Å². The van der Waals surface area contributed by atoms with Gasteiger partial charge in [0, 0.05) is 23.6 Å². The number of rotatable bonds is 5. The lowest BCUT2D eigenvalue weighted by atomic mass is 10.2. The zero-order valence-electron chi connectivity index (χ0n) is 11.7. The molecule has 2 rings (SSSR count). The molecule has 0 radical (unpaired) electrons. The van der Waals surface area contributed by atoms with Gasteiger partial charge < -0.3 is 20.4 Å². The fourth-order valence-electron chi connectivity index (χ4n) is 1.75. The molecule has 0 fully saturated rings. The highest BCUT2D eigenvalue weighted by Crippen LogP contribution is 2.27. The smallest absolute Gasteiger partial charge is 0.166 e. The minimum atomic E-state index is -0.209. The molecule has 0 spiro atoms. The van der Waals surface area contributed by atoms with E-state index in [0.717, 1.165) is 0 Å². The molecule has 0 saturated carbocycles. The van der Waals surface area contributed by atoms with Crippen LogP contribution in [0.2, 0.25) is 0 Å². The van der Waals surface area contributed by atoms with Gasteiger partial charge in [0.15, 0.2) is 23.0 Å². The van der Waals surface area contributed by atoms with Crippen LogP contribution in [-0.2, 0) is 0 Å². The molecule has 0 amide bonds. The van der Waals surface area contributed by atoms with Crippen molar-refractivity contribution in [3.8, 4) is 23.0 Å². The van der Waals surface area contributed by atoms with Crippen LogP contribution in [0.25, 0.3) is 0 Å². The van der Waals surface area contributed by atoms with Gasteiger partial charge in [0.1, 0.15) is 0 Å². The Labute approximate surface area is 127 Å². The molecule has 2 aromatic carbocycles. The highest BCUT2D eigenvalue weighted by atomic mass is 16.3. The summed E-state index contributed by atoms with van der Waals surface area (Å²) in [5, 5.41) is 37.8. The first-order chi connectivity index (χ1) is 10.6. The SMILES string of the molecule is Oc1cccc(C=NCCN=Cc2cccc(O)c2O)c1O. The normalized spacial score (nSPS) is 11.5. The maximum atomic E-state index is 9.58. The van der Waals surface area contributed by atoms with Crippen LogP contribution in [0.15, 0.2) is 46.4 Å². The average Bonchev–Trinajstić information content (AvgIpc) is 2.51. The molecule has 0 aromatic heterocycles. The van der Waals surface area contributed by atoms with Gasteiger partial charge in [-0.15, -0.1) is 0 Å². The largest absolute Gasteiger partial charge is 0.504 e. The molecule has 114 valence electrons. The Morgan fingerprint density at radius 3 is 1.50 bits per heavy atom. The van der Waals surface area contributed by atoms with Crippen LogP contribution in [0.5, 0.6) is 23.0 Å². The molecular formula is C16H16N2O4. The van der Waals surface area contributed by atoms with Crippen molar-refractivity contribution in [3.05, 3.63) is 47.5 Å². The number of phenolic OH excluding ortho intramolecular Hbond substituents is 4. The fraction of sp³-hybridized carbons (Fsp3) is 0.125. The van der Waals surface area contributed by atoms with E-state index in [2.05, 4.69) is 9.98 Å². The molecule has 0 atom stereocenters. The molecule has 0 aliphatic rings. The van der Waals surface area contributed by atoms with Gasteiger partial charge in [0.25, 0.3) is 0 Å². The maximum absolute atomic E-state index is 9.58. The lowest BCUT2D eigenvalue weighted by Crippen LogP contribution is -1.91. The van der Waals surface area contributed by atoms with E-state index in [0.29, 0.717) is 24.2 Å². The van der Waals surface area contributed by atoms with Crippen molar-refractivity contribution in [2.24, 2.45) is 9.98 Å². The maximum Gasteiger partial charge on any atom is 0.166 e. The number of nitrogens with zero attached hydrogens (tertiary/aromatic N) is 2. The standard InChI is InChI=1S/C16H16N2O4/c19-13-5-1-3-11(15(13)21)9-17-7-8-18-10-12-4-2-6-14(20)16(12)22/h1-6,9-10,19-22H,7-8H2. The van der Waals surface area contributed by atoms with Crippen LogP contribution >= 0.6 is 0 Å². The Hall–Kier alpha value is -3.02. The van der Waals surface area contributed by atoms with Crippen molar-refractivity contribution < 1.29 is 20.4 Å². The van der Waals surface area contributed by atoms with E-state index in [1.165, 1.54) is 24.6 Å². The molecule has 2 aromatic rings. The van der Waals surface area contributed by atoms with Crippen LogP contribution in [0, 0.1) is 0 Å². The first-order valence-corrected chi connectivity index (χ1v) is 6.61. The molecule has 0 unspecified atom stereocenters. The lowest BCUT2D eigenvalue weighted by molar-refractivity contribution is 0.403. The Bertz CT molecular complexity index is 650. The first-order valence-electron chi connectivity index (χ1n) is 6.61. The van der Waals surface area contributed by atoms with Gasteiger partial charge in [-0.3, -0.25) is 9.98 Å². The van der Waals surface area contributed by atoms with Gasteiger partial charge >= 0.3 is 0 Å². The van der Waals surface area contributed by atoms with Crippen LogP contribution in [-0.4, -0.2) is 45.9 Å². The van der Waals surface area contributed by atoms with Gasteiger partial charge in [-0.25, -0.2) is 0 Å². The van der Waals surface area contributed by atoms with E-state index >= 15 is 0 Å². The summed E-state index contributed by atoms with van der Waals surface area (Å²) in [6.07, 6.45) is 2.91. The van der Waals surface area contributed by atoms with Gasteiger partial charge in [0.2, 0.25) is 0 Å². The third-order valence-corrected chi connectivity index (χ3v) is 2.91. The molecule has 0 aliphatic heterocycles. The molecular weight excluding hydrogens is 284 g/mol. The number of hydrogen-bond donors (Lipinski definition) is 4. The lowest BCUT2D eigenvalue weighted by Gasteiger charge is -2.00. The summed E-state index contributed by atoms with van der Waals surface area (Å²) in [6, 6.07) is 9.26. The molecule has 6 nitrogen and oxygen atoms in total. The predicted octanol–water partition coefficient (Wildman–Crippen LogP) is 2.05. The number of phenols is 4. The third-order valence-electron chi connectivity index (χ3n) is 2.91. The first kappa shape index (κ1) is 15.4. The Balaban J connectivity index is 1.89. The predicted molar refractivity (Wildman–Crippen MR) is 84.5 cm³/mol. The minimum absolute atomic E-state index is 0.193. The summed E-state index contributed by atoms with van der Waals surface area (Å²) in [5.41, 5.74) is 0.851. The summed E-state index contributed by atoms with van der Waals surface area (Å²) < 4.78 is 0. The van der Waals surface area contributed by atoms with Crippen molar-refractivity contribution in [1.29, 1.82) is 0 Å². The van der Waals surface area contributed by atoms with Crippen LogP contribution in [0.3, 0.4) is 0 Å². The summed E-state index contributed by atoms with van der Waals surface area (Å²) in [4.78, 5) is 8.19. The van der Waals surface area contributed by atoms with Crippen molar-refractivity contribution in [3.63, 3.8) is 0 Å². The highest BCUT2D eigenvalue weighted by Gasteiger charge is 2.03. The van der Waals surface area contributed by atoms with Gasteiger partial charge in [0.05, 0.1) is 13.1 Å². The summed E-state index contributed by atoms with van der Waals surface area (Å²) >= 11 is 0. The van der Waals surface area contributed by atoms with Crippen molar-refractivity contribution in [2.45, 2.75) is 0 Å². The molecule has 22 heavy (non-hydrogen) atoms. The monoisotopic (exact) mass is 300 g/mol. The minimum Gasteiger partial charge on any atom is -0.504 e. The zero-order chi connectivity index (χ0) is 15.9. The average molecular weight is 300 g/mol. The topological polar surface area (TPSA) is 106 Å². The second-order valence-electron chi connectivity index (χ2n) is 4.50. The van der Waals surface area contributed by atoms with Gasteiger partial charge in [-0.2, -0.15) is 0 Å². The molecule has 4 N–H and O–H groups in total. The van der Waals surface area contributed by atoms with E-state index in [9.17, 15) is 20.4 Å². The molecule has 6 heteroatoms. The Morgan fingerprint density at radius 1 is 0.682 bits per heavy atom. The quantitative estimate of drug-likeness (QED) is 0.385. The number of aromatic hydroxyl groups is 4. The van der Waals surface area contributed by atoms with Crippen LogP contribution < -0.4 is 0 Å². The van der Waals surface area contributed by atoms with E-state index in [1.807, 2.05) is 0 Å². The Morgan fingerprint density at radius 2 is 1.09 bits per heavy atom. The highest BCUT2D eigenvalue weighted by molar-refractivity contribution is 5.85. The summed E-state index contributed by atoms with van der Waals surface area (Å²) in [7, 11) is 0. The van der Waals surface area contributed by atoms with Crippen molar-refractivity contribution >= 4 is 12.4 Å². The van der Waals surface area contributed by atoms with E-state index in [1.54, 1.807) is 24.3 Å². The fourth-order valence-corrected chi connectivity index (χ4v) is 1.75. The van der Waals surface area contributed by atoms with Gasteiger partial charge in [-0.05, 0) is 24.3 Å². The molecule has 0 aliphatic carbocycles. The number of benzene rings is 2. The Kier molecular flexibility index (Phi) is 4.98. The van der Waals surface area contributed by atoms with E-state index < -0.39 is 0 Å². The van der Waals surface area contributed by atoms with Crippen LogP contribution in [0.1, 0.15) is 11.1 Å². The van der Waals surface area contributed by atoms with Crippen molar-refractivity contribution in [2.75, 3.05) is 13.1 Å². The third kappa shape index (κ3) is 3.76. The zero-order valence-corrected chi connectivity index (χ0v) is 11.7. The second kappa shape index (κ2) is 7.12. The van der Waals surface area contributed by atoms with Crippen LogP contribution in [0.4, 0.5) is 0 Å². The van der Waals surface area contributed by atoms with Gasteiger partial charge in [-0.1, -0.05) is 12.1 Å². The number of aliphatic imine (C=N–C) groups is 2. The molecule has 0 bridgehead atoms. The van der Waals surface area contributed by atoms with E-state index in [-0.39, 0.29) is 23.0 Å². The number of para-hydroxylation sites is 2.